The Bertz CT molecular complexity index is 3430. The summed E-state index contributed by atoms with van der Waals surface area (Å²) < 4.78 is 29.0. The molecule has 0 spiro atoms. The minimum Gasteiger partial charge on any atom is -0.445 e. The number of urea groups is 1. The third-order valence-electron chi connectivity index (χ3n) is 17.8. The predicted octanol–water partition coefficient (Wildman–Crippen LogP) is 4.02. The first-order valence-corrected chi connectivity index (χ1v) is 35.7. The number of primary amides is 1. The van der Waals surface area contributed by atoms with Crippen LogP contribution in [0.25, 0.3) is 11.5 Å². The van der Waals surface area contributed by atoms with Gasteiger partial charge >= 0.3 is 19.7 Å². The average molecular weight is 1430 g/mol. The number of aromatic nitrogens is 5. The number of carbonyl (C=O) groups excluding carboxylic acids is 9. The summed E-state index contributed by atoms with van der Waals surface area (Å²) in [5, 5.41) is 45.4. The molecule has 0 aliphatic carbocycles. The topological polar surface area (TPSA) is 443 Å². The minimum atomic E-state index is -4.43. The normalized spacial score (nSPS) is 16.4. The van der Waals surface area contributed by atoms with E-state index in [1.807, 2.05) is 32.0 Å². The van der Waals surface area contributed by atoms with Gasteiger partial charge in [0.2, 0.25) is 47.2 Å². The maximum atomic E-state index is 14.8. The minimum absolute atomic E-state index is 0.0123. The lowest BCUT2D eigenvalue weighted by atomic mass is 9.89. The molecule has 5 rings (SSSR count). The van der Waals surface area contributed by atoms with E-state index in [-0.39, 0.29) is 74.0 Å². The molecule has 101 heavy (non-hydrogen) atoms. The zero-order valence-electron chi connectivity index (χ0n) is 60.1. The molecule has 0 bridgehead atoms. The van der Waals surface area contributed by atoms with Crippen LogP contribution in [0.3, 0.4) is 0 Å². The Balaban J connectivity index is 1.17. The number of aliphatic hydroxyl groups excluding tert-OH is 1. The van der Waals surface area contributed by atoms with Crippen molar-refractivity contribution in [1.29, 1.82) is 0 Å². The number of carbonyl (C=O) groups is 9. The largest absolute Gasteiger partial charge is 0.445 e. The SMILES string of the molecule is CC[C@H](C)[C@@H]([C@@H](CC(=O)N1CCC[C@H]1[C@H](OC)[C@@H](C)C(=O)N[C@H](C)[C@@H](O)c1ccccc1)OC)N(C)C(=O)[C@@H](NC(=O)[C@H](C(C)C)N(C)C(=O)OCc1ccc(NC(=O)[C@H](CCCNC(N)=O)NC(=O)[C@@H](NC(=O)CNc2ccc(-c3nnc(CP(=O)(O)O)nn3)nc2)C(C)C)cc1)C(C)C. The van der Waals surface area contributed by atoms with Gasteiger partial charge in [0.1, 0.15) is 42.6 Å². The maximum absolute atomic E-state index is 14.8. The molecule has 0 unspecified atom stereocenters. The van der Waals surface area contributed by atoms with E-state index in [4.69, 9.17) is 29.7 Å². The van der Waals surface area contributed by atoms with Crippen LogP contribution in [0.15, 0.2) is 72.9 Å². The number of likely N-dealkylation sites (N-methyl/N-ethyl adjacent to an activating group) is 2. The van der Waals surface area contributed by atoms with Crippen molar-refractivity contribution >= 4 is 72.4 Å². The Morgan fingerprint density at radius 3 is 1.95 bits per heavy atom. The standard InChI is InChI=1S/C68H103N16O16P/c1-15-41(8)58(51(98-13)33-54(86)84-32-20-24-50(84)60(99-14)42(9)62(88)73-43(10)59(87)45-21-17-16-18-22-45)82(11)66(92)56(39(4)5)77-65(91)57(40(6)7)83(12)68(94)100-36-44-25-27-46(28-26-44)74-63(89)49(23-19-31-70-67(69)93)75-64(90)55(38(2)3)76-53(85)35-71-47-29-30-48(72-34-47)61-80-78-52(79-81-61)37-101(95,96)97/h16-18,21-22,25-30,34,38-43,49-51,55-60,71,87H,15,19-20,23-24,31-33,35-37H2,1-14H3,(H,73,88)(H,74,89)(H,75,90)(H,76,85)(H,77,91)(H3,69,70,93)(H2,95,96,97)/t41-,42+,43+,49-,50-,51+,55-,56-,57-,58-,59+,60+/m0/s1. The van der Waals surface area contributed by atoms with Crippen LogP contribution >= 0.6 is 7.60 Å². The molecule has 1 saturated heterocycles. The summed E-state index contributed by atoms with van der Waals surface area (Å²) in [6.07, 6.45) is -0.575. The van der Waals surface area contributed by atoms with Crippen LogP contribution in [0.1, 0.15) is 131 Å². The van der Waals surface area contributed by atoms with Gasteiger partial charge in [0.15, 0.2) is 5.82 Å². The summed E-state index contributed by atoms with van der Waals surface area (Å²) in [5.41, 5.74) is 7.37. The fraction of sp³-hybridized carbons (Fsp3) is 0.588. The van der Waals surface area contributed by atoms with Crippen LogP contribution in [0.2, 0.25) is 0 Å². The molecule has 556 valence electrons. The molecule has 3 heterocycles. The first-order valence-electron chi connectivity index (χ1n) is 33.9. The summed E-state index contributed by atoms with van der Waals surface area (Å²) >= 11 is 0. The van der Waals surface area contributed by atoms with Crippen LogP contribution in [-0.2, 0) is 65.1 Å². The quantitative estimate of drug-likeness (QED) is 0.0223. The number of rotatable bonds is 38. The molecule has 0 saturated carbocycles. The van der Waals surface area contributed by atoms with Gasteiger partial charge < -0.3 is 81.9 Å². The van der Waals surface area contributed by atoms with E-state index < -0.39 is 140 Å². The van der Waals surface area contributed by atoms with Crippen molar-refractivity contribution in [2.45, 2.75) is 181 Å². The second-order valence-electron chi connectivity index (χ2n) is 26.5. The molecule has 33 heteroatoms. The third-order valence-corrected chi connectivity index (χ3v) is 18.5. The van der Waals surface area contributed by atoms with Crippen molar-refractivity contribution in [2.75, 3.05) is 58.6 Å². The van der Waals surface area contributed by atoms with Crippen LogP contribution in [0.5, 0.6) is 0 Å². The third kappa shape index (κ3) is 24.8. The number of amides is 10. The molecule has 12 N–H and O–H groups in total. The number of benzene rings is 2. The highest BCUT2D eigenvalue weighted by Gasteiger charge is 2.44. The Morgan fingerprint density at radius 2 is 1.39 bits per heavy atom. The molecule has 10 amide bonds. The van der Waals surface area contributed by atoms with Gasteiger partial charge in [-0.25, -0.2) is 9.59 Å². The monoisotopic (exact) mass is 1430 g/mol. The van der Waals surface area contributed by atoms with Crippen molar-refractivity contribution in [2.24, 2.45) is 35.3 Å². The molecular weight excluding hydrogens is 1330 g/mol. The van der Waals surface area contributed by atoms with Gasteiger partial charge in [0.05, 0.1) is 67.2 Å². The second-order valence-corrected chi connectivity index (χ2v) is 28.2. The van der Waals surface area contributed by atoms with Crippen molar-refractivity contribution in [3.63, 3.8) is 0 Å². The summed E-state index contributed by atoms with van der Waals surface area (Å²) in [5.74, 6) is -5.97. The molecule has 1 aliphatic heterocycles. The highest BCUT2D eigenvalue weighted by molar-refractivity contribution is 7.50. The summed E-state index contributed by atoms with van der Waals surface area (Å²) in [4.78, 5) is 151. The van der Waals surface area contributed by atoms with Crippen LogP contribution in [-0.4, -0.2) is 211 Å². The van der Waals surface area contributed by atoms with Gasteiger partial charge in [-0.2, -0.15) is 0 Å². The number of nitrogens with two attached hydrogens (primary N) is 1. The number of methoxy groups -OCH3 is 2. The van der Waals surface area contributed by atoms with E-state index in [2.05, 4.69) is 62.6 Å². The second kappa shape index (κ2) is 39.4. The van der Waals surface area contributed by atoms with E-state index in [0.29, 0.717) is 48.3 Å². The van der Waals surface area contributed by atoms with Crippen LogP contribution in [0, 0.1) is 29.6 Å². The van der Waals surface area contributed by atoms with Crippen LogP contribution < -0.4 is 43.0 Å². The number of nitrogens with zero attached hydrogens (tertiary/aromatic N) is 8. The fourth-order valence-corrected chi connectivity index (χ4v) is 12.6. The number of pyridine rings is 1. The van der Waals surface area contributed by atoms with Gasteiger partial charge in [-0.1, -0.05) is 111 Å². The van der Waals surface area contributed by atoms with E-state index >= 15 is 0 Å². The molecule has 4 aromatic rings. The summed E-state index contributed by atoms with van der Waals surface area (Å²) in [6.45, 7) is 17.9. The molecular formula is C68H103N16O16P. The van der Waals surface area contributed by atoms with Gasteiger partial charge in [-0.3, -0.25) is 48.0 Å². The molecule has 1 aliphatic rings. The smallest absolute Gasteiger partial charge is 0.410 e. The first kappa shape index (κ1) is 82.9. The molecule has 1 fully saturated rings. The molecule has 0 radical (unpaired) electrons. The number of hydrogen-bond acceptors (Lipinski definition) is 20. The average Bonchev–Trinajstić information content (AvgIpc) is 1.12. The Morgan fingerprint density at radius 1 is 0.743 bits per heavy atom. The fourth-order valence-electron chi connectivity index (χ4n) is 12.1. The van der Waals surface area contributed by atoms with Crippen molar-refractivity contribution in [3.8, 4) is 11.5 Å². The van der Waals surface area contributed by atoms with E-state index in [9.17, 15) is 52.8 Å². The lowest BCUT2D eigenvalue weighted by Gasteiger charge is -2.41. The molecule has 2 aromatic carbocycles. The first-order chi connectivity index (χ1) is 47.7. The zero-order valence-corrected chi connectivity index (χ0v) is 61.0. The number of likely N-dealkylation sites (tertiary alicyclic amines) is 1. The number of hydrogen-bond donors (Lipinski definition) is 11. The van der Waals surface area contributed by atoms with Gasteiger partial charge in [-0.05, 0) is 91.7 Å². The summed E-state index contributed by atoms with van der Waals surface area (Å²) in [6, 6.07) is 11.5. The molecule has 2 aromatic heterocycles. The van der Waals surface area contributed by atoms with E-state index in [1.165, 1.54) is 33.5 Å². The van der Waals surface area contributed by atoms with Gasteiger partial charge in [0, 0.05) is 47.1 Å². The maximum Gasteiger partial charge on any atom is 0.410 e. The number of nitrogens with one attached hydrogen (secondary N) is 7. The lowest BCUT2D eigenvalue weighted by Crippen LogP contribution is -2.60. The number of anilines is 2. The lowest BCUT2D eigenvalue weighted by molar-refractivity contribution is -0.148. The Hall–Kier alpha value is -8.81. The zero-order chi connectivity index (χ0) is 75.0. The van der Waals surface area contributed by atoms with Gasteiger partial charge in [0.25, 0.3) is 0 Å². The van der Waals surface area contributed by atoms with Crippen molar-refractivity contribution in [1.82, 2.24) is 66.7 Å². The Kier molecular flexibility index (Phi) is 32.3. The number of aliphatic hydroxyl groups is 1. The molecule has 12 atom stereocenters. The van der Waals surface area contributed by atoms with Crippen molar-refractivity contribution < 1.29 is 76.8 Å². The Labute approximate surface area is 590 Å². The predicted molar refractivity (Wildman–Crippen MR) is 374 cm³/mol. The highest BCUT2D eigenvalue weighted by atomic mass is 31.2. The highest BCUT2D eigenvalue weighted by Crippen LogP contribution is 2.38. The van der Waals surface area contributed by atoms with Crippen LogP contribution in [0.4, 0.5) is 21.0 Å². The van der Waals surface area contributed by atoms with Crippen molar-refractivity contribution in [3.05, 3.63) is 89.9 Å². The molecule has 32 nitrogen and oxygen atoms in total. The van der Waals surface area contributed by atoms with E-state index in [0.717, 1.165) is 4.90 Å². The summed E-state index contributed by atoms with van der Waals surface area (Å²) in [7, 11) is 1.62. The number of ether oxygens (including phenoxy) is 3. The van der Waals surface area contributed by atoms with Gasteiger partial charge in [-0.15, -0.1) is 20.4 Å². The van der Waals surface area contributed by atoms with E-state index in [1.54, 1.807) is 115 Å².